The molecular formula is C10H20O7. The molecule has 0 aromatic carbocycles. The SMILES string of the molecule is O=C(O)COCC(CCO)(CCO)COCO. The van der Waals surface area contributed by atoms with E-state index in [1.807, 2.05) is 0 Å². The van der Waals surface area contributed by atoms with Gasteiger partial charge in [0.2, 0.25) is 0 Å². The summed E-state index contributed by atoms with van der Waals surface area (Å²) in [5, 5.41) is 35.0. The molecule has 0 rings (SSSR count). The number of aliphatic hydroxyl groups excluding tert-OH is 3. The molecule has 4 N–H and O–H groups in total. The minimum atomic E-state index is -1.09. The zero-order chi connectivity index (χ0) is 13.1. The molecule has 0 atom stereocenters. The molecule has 0 aromatic rings. The Balaban J connectivity index is 4.34. The van der Waals surface area contributed by atoms with E-state index in [-0.39, 0.29) is 26.4 Å². The topological polar surface area (TPSA) is 116 Å². The quantitative estimate of drug-likeness (QED) is 0.341. The van der Waals surface area contributed by atoms with Crippen LogP contribution >= 0.6 is 0 Å². The molecule has 0 aromatic heterocycles. The number of hydrogen-bond acceptors (Lipinski definition) is 6. The third-order valence-electron chi connectivity index (χ3n) is 2.42. The number of carbonyl (C=O) groups is 1. The number of ether oxygens (including phenoxy) is 2. The van der Waals surface area contributed by atoms with E-state index < -0.39 is 24.8 Å². The highest BCUT2D eigenvalue weighted by atomic mass is 16.6. The minimum Gasteiger partial charge on any atom is -0.480 e. The van der Waals surface area contributed by atoms with Crippen LogP contribution in [0.3, 0.4) is 0 Å². The van der Waals surface area contributed by atoms with Gasteiger partial charge in [0.1, 0.15) is 13.4 Å². The number of aliphatic carboxylic acids is 1. The number of carboxylic acid groups (broad SMARTS) is 1. The second-order valence-corrected chi connectivity index (χ2v) is 3.81. The molecule has 7 heteroatoms. The van der Waals surface area contributed by atoms with Gasteiger partial charge in [0.05, 0.1) is 13.2 Å². The first-order chi connectivity index (χ1) is 8.10. The summed E-state index contributed by atoms with van der Waals surface area (Å²) >= 11 is 0. The molecule has 7 nitrogen and oxygen atoms in total. The largest absolute Gasteiger partial charge is 0.480 e. The molecule has 0 aliphatic carbocycles. The maximum absolute atomic E-state index is 10.3. The van der Waals surface area contributed by atoms with Gasteiger partial charge in [-0.15, -0.1) is 0 Å². The van der Waals surface area contributed by atoms with Crippen molar-refractivity contribution >= 4 is 5.97 Å². The summed E-state index contributed by atoms with van der Waals surface area (Å²) < 4.78 is 9.85. The summed E-state index contributed by atoms with van der Waals surface area (Å²) in [5.74, 6) is -1.09. The molecule has 0 saturated carbocycles. The maximum atomic E-state index is 10.3. The van der Waals surface area contributed by atoms with Gasteiger partial charge in [0.15, 0.2) is 0 Å². The first-order valence-electron chi connectivity index (χ1n) is 5.30. The molecule has 0 bridgehead atoms. The van der Waals surface area contributed by atoms with Gasteiger partial charge in [-0.1, -0.05) is 0 Å². The van der Waals surface area contributed by atoms with E-state index in [0.717, 1.165) is 0 Å². The molecular weight excluding hydrogens is 232 g/mol. The summed E-state index contributed by atoms with van der Waals surface area (Å²) in [7, 11) is 0. The van der Waals surface area contributed by atoms with E-state index in [2.05, 4.69) is 0 Å². The van der Waals surface area contributed by atoms with Crippen LogP contribution in [0.5, 0.6) is 0 Å². The summed E-state index contributed by atoms with van der Waals surface area (Å²) in [6.45, 7) is -1.06. The van der Waals surface area contributed by atoms with E-state index in [1.54, 1.807) is 0 Å². The molecule has 0 heterocycles. The first kappa shape index (κ1) is 16.3. The Morgan fingerprint density at radius 3 is 1.94 bits per heavy atom. The highest BCUT2D eigenvalue weighted by molar-refractivity contribution is 5.67. The van der Waals surface area contributed by atoms with Crippen molar-refractivity contribution in [3.63, 3.8) is 0 Å². The molecule has 17 heavy (non-hydrogen) atoms. The molecule has 0 spiro atoms. The van der Waals surface area contributed by atoms with Crippen molar-refractivity contribution in [2.75, 3.05) is 39.8 Å². The van der Waals surface area contributed by atoms with Gasteiger partial charge in [-0.3, -0.25) is 0 Å². The minimum absolute atomic E-state index is 0.0421. The van der Waals surface area contributed by atoms with Crippen LogP contribution in [-0.4, -0.2) is 66.2 Å². The second-order valence-electron chi connectivity index (χ2n) is 3.81. The predicted octanol–water partition coefficient (Wildman–Crippen LogP) is -1.19. The van der Waals surface area contributed by atoms with Gasteiger partial charge in [-0.05, 0) is 12.8 Å². The Bertz CT molecular complexity index is 201. The molecule has 0 unspecified atom stereocenters. The van der Waals surface area contributed by atoms with Crippen molar-refractivity contribution in [3.05, 3.63) is 0 Å². The Kier molecular flexibility index (Phi) is 8.92. The van der Waals surface area contributed by atoms with Crippen LogP contribution < -0.4 is 0 Å². The highest BCUT2D eigenvalue weighted by Gasteiger charge is 2.30. The molecule has 0 fully saturated rings. The van der Waals surface area contributed by atoms with Gasteiger partial charge >= 0.3 is 5.97 Å². The fourth-order valence-corrected chi connectivity index (χ4v) is 1.55. The van der Waals surface area contributed by atoms with Crippen molar-refractivity contribution in [2.45, 2.75) is 12.8 Å². The molecule has 0 aliphatic heterocycles. The van der Waals surface area contributed by atoms with Crippen molar-refractivity contribution < 1.29 is 34.7 Å². The number of carboxylic acids is 1. The van der Waals surface area contributed by atoms with Crippen LogP contribution in [0.15, 0.2) is 0 Å². The van der Waals surface area contributed by atoms with E-state index in [1.165, 1.54) is 0 Å². The molecule has 102 valence electrons. The molecule has 0 aliphatic rings. The maximum Gasteiger partial charge on any atom is 0.329 e. The zero-order valence-corrected chi connectivity index (χ0v) is 9.67. The van der Waals surface area contributed by atoms with Crippen molar-refractivity contribution in [3.8, 4) is 0 Å². The number of rotatable bonds is 11. The molecule has 0 saturated heterocycles. The van der Waals surface area contributed by atoms with Crippen LogP contribution in [-0.2, 0) is 14.3 Å². The summed E-state index contributed by atoms with van der Waals surface area (Å²) in [6.07, 6.45) is 0.598. The number of aliphatic hydroxyl groups is 3. The Hall–Kier alpha value is -0.730. The van der Waals surface area contributed by atoms with Crippen molar-refractivity contribution in [2.24, 2.45) is 5.41 Å². The second kappa shape index (κ2) is 9.32. The number of hydrogen-bond donors (Lipinski definition) is 4. The monoisotopic (exact) mass is 252 g/mol. The molecule has 0 radical (unpaired) electrons. The lowest BCUT2D eigenvalue weighted by molar-refractivity contribution is -0.145. The summed E-state index contributed by atoms with van der Waals surface area (Å²) in [6, 6.07) is 0. The fraction of sp³-hybridized carbons (Fsp3) is 0.900. The Morgan fingerprint density at radius 2 is 1.53 bits per heavy atom. The standard InChI is InChI=1S/C10H20O7/c11-3-1-10(2-4-12,7-17-8-13)6-16-5-9(14)15/h11-13H,1-8H2,(H,14,15). The lowest BCUT2D eigenvalue weighted by Gasteiger charge is -2.31. The van der Waals surface area contributed by atoms with E-state index in [4.69, 9.17) is 29.9 Å². The van der Waals surface area contributed by atoms with Gasteiger partial charge in [-0.25, -0.2) is 4.79 Å². The Labute approximate surface area is 99.6 Å². The predicted molar refractivity (Wildman–Crippen MR) is 57.3 cm³/mol. The smallest absolute Gasteiger partial charge is 0.329 e. The van der Waals surface area contributed by atoms with Crippen molar-refractivity contribution in [1.82, 2.24) is 0 Å². The van der Waals surface area contributed by atoms with Gasteiger partial charge in [0.25, 0.3) is 0 Å². The van der Waals surface area contributed by atoms with Gasteiger partial charge < -0.3 is 29.9 Å². The lowest BCUT2D eigenvalue weighted by atomic mass is 9.83. The summed E-state index contributed by atoms with van der Waals surface area (Å²) in [4.78, 5) is 10.3. The van der Waals surface area contributed by atoms with Crippen LogP contribution in [0, 0.1) is 5.41 Å². The lowest BCUT2D eigenvalue weighted by Crippen LogP contribution is -2.35. The van der Waals surface area contributed by atoms with E-state index in [9.17, 15) is 4.79 Å². The third-order valence-corrected chi connectivity index (χ3v) is 2.42. The van der Waals surface area contributed by atoms with Crippen LogP contribution in [0.1, 0.15) is 12.8 Å². The first-order valence-corrected chi connectivity index (χ1v) is 5.30. The van der Waals surface area contributed by atoms with E-state index >= 15 is 0 Å². The van der Waals surface area contributed by atoms with Crippen LogP contribution in [0.4, 0.5) is 0 Å². The van der Waals surface area contributed by atoms with Gasteiger partial charge in [-0.2, -0.15) is 0 Å². The third kappa shape index (κ3) is 7.24. The van der Waals surface area contributed by atoms with Crippen LogP contribution in [0.25, 0.3) is 0 Å². The summed E-state index contributed by atoms with van der Waals surface area (Å²) in [5.41, 5.74) is -0.679. The molecule has 0 amide bonds. The average Bonchev–Trinajstić information content (AvgIpc) is 2.26. The highest BCUT2D eigenvalue weighted by Crippen LogP contribution is 2.27. The Morgan fingerprint density at radius 1 is 1.00 bits per heavy atom. The van der Waals surface area contributed by atoms with Crippen molar-refractivity contribution in [1.29, 1.82) is 0 Å². The van der Waals surface area contributed by atoms with Gasteiger partial charge in [0, 0.05) is 18.6 Å². The average molecular weight is 252 g/mol. The normalized spacial score (nSPS) is 11.7. The van der Waals surface area contributed by atoms with E-state index in [0.29, 0.717) is 12.8 Å². The fourth-order valence-electron chi connectivity index (χ4n) is 1.55. The zero-order valence-electron chi connectivity index (χ0n) is 9.67. The van der Waals surface area contributed by atoms with Crippen LogP contribution in [0.2, 0.25) is 0 Å².